The van der Waals surface area contributed by atoms with E-state index in [4.69, 9.17) is 16.3 Å². The molecule has 0 aromatic heterocycles. The predicted molar refractivity (Wildman–Crippen MR) is 90.8 cm³/mol. The van der Waals surface area contributed by atoms with Gasteiger partial charge in [0.2, 0.25) is 5.91 Å². The van der Waals surface area contributed by atoms with Crippen molar-refractivity contribution in [3.63, 3.8) is 0 Å². The number of likely N-dealkylation sites (tertiary alicyclic amines) is 1. The normalized spacial score (nSPS) is 21.6. The van der Waals surface area contributed by atoms with Crippen molar-refractivity contribution in [3.05, 3.63) is 34.9 Å². The first-order valence-corrected chi connectivity index (χ1v) is 8.66. The van der Waals surface area contributed by atoms with Crippen molar-refractivity contribution in [2.45, 2.75) is 25.4 Å². The molecule has 1 atom stereocenters. The lowest BCUT2D eigenvalue weighted by molar-refractivity contribution is -0.122. The maximum absolute atomic E-state index is 12.1. The molecule has 2 heterocycles. The number of hydrogen-bond acceptors (Lipinski definition) is 4. The Bertz CT molecular complexity index is 593. The summed E-state index contributed by atoms with van der Waals surface area (Å²) >= 11 is 5.92. The lowest BCUT2D eigenvalue weighted by atomic mass is 10.0. The molecule has 3 rings (SSSR count). The van der Waals surface area contributed by atoms with Crippen LogP contribution in [0.2, 0.25) is 5.02 Å². The van der Waals surface area contributed by atoms with E-state index >= 15 is 0 Å². The molecular formula is C17H22ClN3O3. The smallest absolute Gasteiger partial charge is 0.410 e. The third-order valence-electron chi connectivity index (χ3n) is 4.37. The van der Waals surface area contributed by atoms with Crippen molar-refractivity contribution in [2.75, 3.05) is 32.8 Å². The molecule has 0 spiro atoms. The summed E-state index contributed by atoms with van der Waals surface area (Å²) in [6.07, 6.45) is 1.61. The first kappa shape index (κ1) is 17.0. The summed E-state index contributed by atoms with van der Waals surface area (Å²) in [4.78, 5) is 27.3. The molecule has 0 saturated carbocycles. The molecule has 2 aliphatic rings. The highest BCUT2D eigenvalue weighted by atomic mass is 35.5. The Morgan fingerprint density at radius 3 is 2.79 bits per heavy atom. The van der Waals surface area contributed by atoms with Crippen LogP contribution in [-0.4, -0.2) is 60.6 Å². The minimum atomic E-state index is -0.404. The van der Waals surface area contributed by atoms with Gasteiger partial charge in [-0.05, 0) is 37.1 Å². The van der Waals surface area contributed by atoms with Gasteiger partial charge in [0.1, 0.15) is 13.2 Å². The predicted octanol–water partition coefficient (Wildman–Crippen LogP) is 1.87. The fraction of sp³-hybridized carbons (Fsp3) is 0.529. The van der Waals surface area contributed by atoms with Crippen LogP contribution in [-0.2, 0) is 16.1 Å². The largest absolute Gasteiger partial charge is 0.448 e. The van der Waals surface area contributed by atoms with E-state index in [2.05, 4.69) is 10.2 Å². The summed E-state index contributed by atoms with van der Waals surface area (Å²) in [6.45, 7) is 3.62. The summed E-state index contributed by atoms with van der Waals surface area (Å²) in [7, 11) is 0. The molecule has 1 aromatic rings. The van der Waals surface area contributed by atoms with Gasteiger partial charge >= 0.3 is 6.09 Å². The maximum Gasteiger partial charge on any atom is 0.410 e. The van der Waals surface area contributed by atoms with Gasteiger partial charge < -0.3 is 10.1 Å². The molecule has 0 radical (unpaired) electrons. The second-order valence-corrected chi connectivity index (χ2v) is 6.74. The number of nitrogens with one attached hydrogen (secondary N) is 1. The van der Waals surface area contributed by atoms with Crippen LogP contribution in [0.5, 0.6) is 0 Å². The number of hydrogen-bond donors (Lipinski definition) is 1. The SMILES string of the molecule is O=C(CN1CCOC1=O)N[C@@H]1CCCN(Cc2ccc(Cl)cc2)C1. The van der Waals surface area contributed by atoms with Gasteiger partial charge in [-0.2, -0.15) is 0 Å². The van der Waals surface area contributed by atoms with Gasteiger partial charge in [-0.1, -0.05) is 23.7 Å². The van der Waals surface area contributed by atoms with Crippen LogP contribution in [0.15, 0.2) is 24.3 Å². The van der Waals surface area contributed by atoms with Gasteiger partial charge in [0.25, 0.3) is 0 Å². The third kappa shape index (κ3) is 4.61. The van der Waals surface area contributed by atoms with Gasteiger partial charge in [-0.15, -0.1) is 0 Å². The highest BCUT2D eigenvalue weighted by molar-refractivity contribution is 6.30. The van der Waals surface area contributed by atoms with E-state index in [1.807, 2.05) is 24.3 Å². The van der Waals surface area contributed by atoms with Crippen LogP contribution in [0.25, 0.3) is 0 Å². The van der Waals surface area contributed by atoms with E-state index in [9.17, 15) is 9.59 Å². The molecular weight excluding hydrogens is 330 g/mol. The average Bonchev–Trinajstić information content (AvgIpc) is 2.95. The molecule has 2 amide bonds. The minimum Gasteiger partial charge on any atom is -0.448 e. The zero-order chi connectivity index (χ0) is 16.9. The van der Waals surface area contributed by atoms with Crippen LogP contribution in [0.4, 0.5) is 4.79 Å². The topological polar surface area (TPSA) is 61.9 Å². The lowest BCUT2D eigenvalue weighted by Crippen LogP contribution is -2.49. The number of nitrogens with zero attached hydrogens (tertiary/aromatic N) is 2. The minimum absolute atomic E-state index is 0.0759. The number of halogens is 1. The highest BCUT2D eigenvalue weighted by Crippen LogP contribution is 2.16. The number of amides is 2. The Kier molecular flexibility index (Phi) is 5.58. The van der Waals surface area contributed by atoms with Gasteiger partial charge in [-0.25, -0.2) is 4.79 Å². The summed E-state index contributed by atoms with van der Waals surface area (Å²) < 4.78 is 4.84. The number of cyclic esters (lactones) is 1. The van der Waals surface area contributed by atoms with E-state index < -0.39 is 6.09 Å². The molecule has 0 unspecified atom stereocenters. The van der Waals surface area contributed by atoms with E-state index in [-0.39, 0.29) is 18.5 Å². The molecule has 2 saturated heterocycles. The van der Waals surface area contributed by atoms with Crippen molar-refractivity contribution in [1.29, 1.82) is 0 Å². The number of rotatable bonds is 5. The monoisotopic (exact) mass is 351 g/mol. The average molecular weight is 352 g/mol. The van der Waals surface area contributed by atoms with Crippen molar-refractivity contribution >= 4 is 23.6 Å². The first-order valence-electron chi connectivity index (χ1n) is 8.28. The standard InChI is InChI=1S/C17H22ClN3O3/c18-14-5-3-13(4-6-14)10-20-7-1-2-15(11-20)19-16(22)12-21-8-9-24-17(21)23/h3-6,15H,1-2,7-12H2,(H,19,22)/t15-/m1/s1. The van der Waals surface area contributed by atoms with Crippen molar-refractivity contribution in [2.24, 2.45) is 0 Å². The van der Waals surface area contributed by atoms with E-state index in [0.717, 1.165) is 37.5 Å². The number of piperidine rings is 1. The van der Waals surface area contributed by atoms with Crippen LogP contribution in [0, 0.1) is 0 Å². The van der Waals surface area contributed by atoms with Crippen molar-refractivity contribution in [3.8, 4) is 0 Å². The fourth-order valence-electron chi connectivity index (χ4n) is 3.18. The zero-order valence-electron chi connectivity index (χ0n) is 13.5. The van der Waals surface area contributed by atoms with Crippen LogP contribution >= 0.6 is 11.6 Å². The molecule has 0 bridgehead atoms. The number of ether oxygens (including phenoxy) is 1. The summed E-state index contributed by atoms with van der Waals surface area (Å²) in [5, 5.41) is 3.78. The van der Waals surface area contributed by atoms with Crippen LogP contribution in [0.1, 0.15) is 18.4 Å². The van der Waals surface area contributed by atoms with E-state index in [1.54, 1.807) is 0 Å². The molecule has 7 heteroatoms. The Morgan fingerprint density at radius 1 is 1.29 bits per heavy atom. The number of carbonyl (C=O) groups is 2. The maximum atomic E-state index is 12.1. The highest BCUT2D eigenvalue weighted by Gasteiger charge is 2.26. The van der Waals surface area contributed by atoms with Gasteiger partial charge in [-0.3, -0.25) is 14.6 Å². The fourth-order valence-corrected chi connectivity index (χ4v) is 3.31. The second kappa shape index (κ2) is 7.85. The quantitative estimate of drug-likeness (QED) is 0.879. The molecule has 130 valence electrons. The first-order chi connectivity index (χ1) is 11.6. The summed E-state index contributed by atoms with van der Waals surface area (Å²) in [5.41, 5.74) is 1.21. The number of benzene rings is 1. The Morgan fingerprint density at radius 2 is 2.08 bits per heavy atom. The second-order valence-electron chi connectivity index (χ2n) is 6.30. The summed E-state index contributed by atoms with van der Waals surface area (Å²) in [5.74, 6) is -0.118. The third-order valence-corrected chi connectivity index (χ3v) is 4.62. The lowest BCUT2D eigenvalue weighted by Gasteiger charge is -2.33. The van der Waals surface area contributed by atoms with Crippen LogP contribution in [0.3, 0.4) is 0 Å². The molecule has 24 heavy (non-hydrogen) atoms. The Labute approximate surface area is 146 Å². The Hall–Kier alpha value is -1.79. The zero-order valence-corrected chi connectivity index (χ0v) is 14.3. The summed E-state index contributed by atoms with van der Waals surface area (Å²) in [6, 6.07) is 7.98. The molecule has 6 nitrogen and oxygen atoms in total. The van der Waals surface area contributed by atoms with Crippen molar-refractivity contribution < 1.29 is 14.3 Å². The van der Waals surface area contributed by atoms with Gasteiger partial charge in [0.05, 0.1) is 6.54 Å². The number of carbonyl (C=O) groups excluding carboxylic acids is 2. The molecule has 1 N–H and O–H groups in total. The van der Waals surface area contributed by atoms with E-state index in [0.29, 0.717) is 13.2 Å². The molecule has 2 fully saturated rings. The van der Waals surface area contributed by atoms with Gasteiger partial charge in [0.15, 0.2) is 0 Å². The van der Waals surface area contributed by atoms with Crippen molar-refractivity contribution in [1.82, 2.24) is 15.1 Å². The van der Waals surface area contributed by atoms with Gasteiger partial charge in [0, 0.05) is 24.2 Å². The van der Waals surface area contributed by atoms with Crippen LogP contribution < -0.4 is 5.32 Å². The molecule has 0 aliphatic carbocycles. The molecule has 2 aliphatic heterocycles. The molecule has 1 aromatic carbocycles. The van der Waals surface area contributed by atoms with E-state index in [1.165, 1.54) is 10.5 Å². The Balaban J connectivity index is 1.47.